The highest BCUT2D eigenvalue weighted by atomic mass is 35.5. The first-order valence-corrected chi connectivity index (χ1v) is 6.01. The summed E-state index contributed by atoms with van der Waals surface area (Å²) in [5.74, 6) is 2.17. The maximum atomic E-state index is 6.05. The summed E-state index contributed by atoms with van der Waals surface area (Å²) in [5.41, 5.74) is 0. The second kappa shape index (κ2) is 4.18. The summed E-state index contributed by atoms with van der Waals surface area (Å²) in [6, 6.07) is 0. The van der Waals surface area contributed by atoms with Crippen LogP contribution in [0.3, 0.4) is 0 Å². The first kappa shape index (κ1) is 10.3. The van der Waals surface area contributed by atoms with Crippen molar-refractivity contribution in [1.82, 2.24) is 9.97 Å². The largest absolute Gasteiger partial charge is 0.381 e. The lowest BCUT2D eigenvalue weighted by molar-refractivity contribution is 0.182. The van der Waals surface area contributed by atoms with E-state index in [0.29, 0.717) is 11.1 Å². The highest BCUT2D eigenvalue weighted by Gasteiger charge is 2.34. The van der Waals surface area contributed by atoms with Gasteiger partial charge in [0, 0.05) is 38.0 Å². The molecular weight excluding hydrogens is 226 g/mol. The van der Waals surface area contributed by atoms with E-state index in [1.165, 1.54) is 0 Å². The third kappa shape index (κ3) is 1.76. The fourth-order valence-corrected chi connectivity index (χ4v) is 2.80. The van der Waals surface area contributed by atoms with Gasteiger partial charge in [0.15, 0.2) is 11.0 Å². The van der Waals surface area contributed by atoms with E-state index in [0.717, 1.165) is 44.5 Å². The SMILES string of the molecule is Clc1nccnc1N1CC[C@@H]2COC[C@H]2C1. The Morgan fingerprint density at radius 3 is 2.94 bits per heavy atom. The number of nitrogens with zero attached hydrogens (tertiary/aromatic N) is 3. The molecule has 0 unspecified atom stereocenters. The summed E-state index contributed by atoms with van der Waals surface area (Å²) < 4.78 is 5.51. The van der Waals surface area contributed by atoms with E-state index in [-0.39, 0.29) is 0 Å². The Hall–Kier alpha value is -0.870. The molecule has 3 rings (SSSR count). The molecule has 5 heteroatoms. The maximum absolute atomic E-state index is 6.05. The zero-order valence-corrected chi connectivity index (χ0v) is 9.73. The molecule has 3 heterocycles. The summed E-state index contributed by atoms with van der Waals surface area (Å²) in [4.78, 5) is 10.6. The number of piperidine rings is 1. The van der Waals surface area contributed by atoms with E-state index in [1.807, 2.05) is 0 Å². The number of rotatable bonds is 1. The van der Waals surface area contributed by atoms with Crippen LogP contribution in [-0.2, 0) is 4.74 Å². The summed E-state index contributed by atoms with van der Waals surface area (Å²) in [6.45, 7) is 3.79. The lowest BCUT2D eigenvalue weighted by Gasteiger charge is -2.34. The van der Waals surface area contributed by atoms with Crippen molar-refractivity contribution in [2.24, 2.45) is 11.8 Å². The lowest BCUT2D eigenvalue weighted by atomic mass is 9.89. The highest BCUT2D eigenvalue weighted by molar-refractivity contribution is 6.31. The molecule has 0 radical (unpaired) electrons. The molecule has 0 aliphatic carbocycles. The van der Waals surface area contributed by atoms with Gasteiger partial charge >= 0.3 is 0 Å². The van der Waals surface area contributed by atoms with Crippen LogP contribution in [0, 0.1) is 11.8 Å². The summed E-state index contributed by atoms with van der Waals surface area (Å²) in [5, 5.41) is 0.500. The van der Waals surface area contributed by atoms with Crippen LogP contribution in [0.5, 0.6) is 0 Å². The molecule has 0 N–H and O–H groups in total. The van der Waals surface area contributed by atoms with Crippen LogP contribution < -0.4 is 4.90 Å². The zero-order valence-electron chi connectivity index (χ0n) is 8.97. The third-order valence-electron chi connectivity index (χ3n) is 3.49. The molecule has 0 spiro atoms. The maximum Gasteiger partial charge on any atom is 0.171 e. The fraction of sp³-hybridized carbons (Fsp3) is 0.636. The number of anilines is 1. The molecule has 0 amide bonds. The Kier molecular flexibility index (Phi) is 2.69. The van der Waals surface area contributed by atoms with E-state index >= 15 is 0 Å². The molecule has 1 aromatic rings. The molecule has 86 valence electrons. The van der Waals surface area contributed by atoms with Gasteiger partial charge in [0.1, 0.15) is 0 Å². The van der Waals surface area contributed by atoms with Gasteiger partial charge in [0.2, 0.25) is 0 Å². The molecule has 16 heavy (non-hydrogen) atoms. The quantitative estimate of drug-likeness (QED) is 0.746. The smallest absolute Gasteiger partial charge is 0.171 e. The standard InChI is InChI=1S/C11H14ClN3O/c12-10-11(14-3-2-13-10)15-4-1-8-6-16-7-9(8)5-15/h2-3,8-9H,1,4-7H2/t8-,9-/m1/s1. The molecule has 2 aliphatic rings. The number of fused-ring (bicyclic) bond motifs is 1. The molecule has 2 saturated heterocycles. The van der Waals surface area contributed by atoms with Gasteiger partial charge in [-0.05, 0) is 12.3 Å². The van der Waals surface area contributed by atoms with Crippen molar-refractivity contribution in [1.29, 1.82) is 0 Å². The van der Waals surface area contributed by atoms with E-state index < -0.39 is 0 Å². The van der Waals surface area contributed by atoms with Crippen LogP contribution in [0.2, 0.25) is 5.15 Å². The fourth-order valence-electron chi connectivity index (χ4n) is 2.58. The number of halogens is 1. The van der Waals surface area contributed by atoms with E-state index in [2.05, 4.69) is 14.9 Å². The van der Waals surface area contributed by atoms with E-state index in [9.17, 15) is 0 Å². The topological polar surface area (TPSA) is 38.2 Å². The van der Waals surface area contributed by atoms with Crippen molar-refractivity contribution in [2.75, 3.05) is 31.2 Å². The van der Waals surface area contributed by atoms with Crippen LogP contribution in [-0.4, -0.2) is 36.3 Å². The number of aromatic nitrogens is 2. The van der Waals surface area contributed by atoms with Crippen molar-refractivity contribution in [3.05, 3.63) is 17.5 Å². The molecular formula is C11H14ClN3O. The Labute approximate surface area is 99.6 Å². The molecule has 0 saturated carbocycles. The average Bonchev–Trinajstić information content (AvgIpc) is 2.76. The van der Waals surface area contributed by atoms with Crippen molar-refractivity contribution < 1.29 is 4.74 Å². The van der Waals surface area contributed by atoms with Crippen molar-refractivity contribution in [3.63, 3.8) is 0 Å². The second-order valence-corrected chi connectivity index (χ2v) is 4.82. The van der Waals surface area contributed by atoms with Crippen LogP contribution >= 0.6 is 11.6 Å². The van der Waals surface area contributed by atoms with E-state index in [4.69, 9.17) is 16.3 Å². The number of hydrogen-bond acceptors (Lipinski definition) is 4. The van der Waals surface area contributed by atoms with Crippen molar-refractivity contribution in [2.45, 2.75) is 6.42 Å². The summed E-state index contributed by atoms with van der Waals surface area (Å²) in [7, 11) is 0. The number of hydrogen-bond donors (Lipinski definition) is 0. The summed E-state index contributed by atoms with van der Waals surface area (Å²) >= 11 is 6.05. The van der Waals surface area contributed by atoms with Crippen LogP contribution in [0.1, 0.15) is 6.42 Å². The molecule has 2 atom stereocenters. The first-order valence-electron chi connectivity index (χ1n) is 5.64. The predicted octanol–water partition coefficient (Wildman–Crippen LogP) is 1.60. The minimum Gasteiger partial charge on any atom is -0.381 e. The van der Waals surface area contributed by atoms with E-state index in [1.54, 1.807) is 12.4 Å². The van der Waals surface area contributed by atoms with Crippen LogP contribution in [0.15, 0.2) is 12.4 Å². The molecule has 1 aromatic heterocycles. The minimum absolute atomic E-state index is 0.500. The Morgan fingerprint density at radius 1 is 1.25 bits per heavy atom. The van der Waals surface area contributed by atoms with Crippen LogP contribution in [0.25, 0.3) is 0 Å². The molecule has 2 aliphatic heterocycles. The van der Waals surface area contributed by atoms with Crippen molar-refractivity contribution >= 4 is 17.4 Å². The molecule has 0 aromatic carbocycles. The summed E-state index contributed by atoms with van der Waals surface area (Å²) in [6.07, 6.45) is 4.48. The van der Waals surface area contributed by atoms with Gasteiger partial charge in [0.25, 0.3) is 0 Å². The molecule has 4 nitrogen and oxygen atoms in total. The van der Waals surface area contributed by atoms with Gasteiger partial charge in [0.05, 0.1) is 6.61 Å². The second-order valence-electron chi connectivity index (χ2n) is 4.46. The van der Waals surface area contributed by atoms with Gasteiger partial charge in [-0.2, -0.15) is 0 Å². The van der Waals surface area contributed by atoms with Gasteiger partial charge < -0.3 is 9.64 Å². The van der Waals surface area contributed by atoms with Gasteiger partial charge in [-0.25, -0.2) is 9.97 Å². The normalized spacial score (nSPS) is 29.2. The Balaban J connectivity index is 1.79. The van der Waals surface area contributed by atoms with Gasteiger partial charge in [-0.15, -0.1) is 0 Å². The monoisotopic (exact) mass is 239 g/mol. The number of ether oxygens (including phenoxy) is 1. The predicted molar refractivity (Wildman–Crippen MR) is 61.7 cm³/mol. The minimum atomic E-state index is 0.500. The van der Waals surface area contributed by atoms with Crippen LogP contribution in [0.4, 0.5) is 5.82 Å². The third-order valence-corrected chi connectivity index (χ3v) is 3.76. The van der Waals surface area contributed by atoms with Crippen molar-refractivity contribution in [3.8, 4) is 0 Å². The van der Waals surface area contributed by atoms with Gasteiger partial charge in [-0.3, -0.25) is 0 Å². The lowest BCUT2D eigenvalue weighted by Crippen LogP contribution is -2.40. The first-order chi connectivity index (χ1) is 7.84. The zero-order chi connectivity index (χ0) is 11.0. The average molecular weight is 240 g/mol. The molecule has 2 fully saturated rings. The molecule has 0 bridgehead atoms. The highest BCUT2D eigenvalue weighted by Crippen LogP contribution is 2.32. The Bertz CT molecular complexity index is 387. The Morgan fingerprint density at radius 2 is 2.06 bits per heavy atom. The van der Waals surface area contributed by atoms with Gasteiger partial charge in [-0.1, -0.05) is 11.6 Å².